The van der Waals surface area contributed by atoms with Crippen LogP contribution in [0.3, 0.4) is 0 Å². The van der Waals surface area contributed by atoms with Crippen LogP contribution >= 0.6 is 15.9 Å². The van der Waals surface area contributed by atoms with E-state index in [0.717, 1.165) is 93.8 Å². The van der Waals surface area contributed by atoms with E-state index in [1.54, 1.807) is 0 Å². The first kappa shape index (κ1) is 71.5. The molecule has 0 atom stereocenters. The summed E-state index contributed by atoms with van der Waals surface area (Å²) in [6.07, 6.45) is 0. The molecule has 6 nitrogen and oxygen atoms in total. The molecule has 4 aromatic heterocycles. The molecule has 22 rings (SSSR count). The topological polar surface area (TPSA) is 51.4 Å². The van der Waals surface area contributed by atoms with Gasteiger partial charge in [-0.3, -0.25) is 0 Å². The van der Waals surface area contributed by atoms with E-state index in [-0.39, 0.29) is 7.43 Å². The van der Waals surface area contributed by atoms with Gasteiger partial charge in [0.05, 0.1) is 33.4 Å². The van der Waals surface area contributed by atoms with Gasteiger partial charge in [0.1, 0.15) is 22.3 Å². The number of nitrogens with zero attached hydrogens (tertiary/aromatic N) is 3. The lowest BCUT2D eigenvalue weighted by molar-refractivity contribution is 0.668. The normalized spacial score (nSPS) is 11.2. The molecule has 1 N–H and O–H groups in total. The molecule has 18 aromatic carbocycles. The Kier molecular flexibility index (Phi) is 19.4. The van der Waals surface area contributed by atoms with Crippen LogP contribution in [-0.2, 0) is 0 Å². The highest BCUT2D eigenvalue weighted by Crippen LogP contribution is 2.45. The Morgan fingerprint density at radius 3 is 0.871 bits per heavy atom. The molecule has 0 amide bonds. The predicted molar refractivity (Wildman–Crippen MR) is 494 cm³/mol. The van der Waals surface area contributed by atoms with Crippen LogP contribution in [-0.4, -0.2) is 9.13 Å². The first-order valence-electron chi connectivity index (χ1n) is 38.9. The van der Waals surface area contributed by atoms with E-state index in [2.05, 4.69) is 436 Å². The van der Waals surface area contributed by atoms with Gasteiger partial charge in [0.25, 0.3) is 0 Å². The van der Waals surface area contributed by atoms with Crippen LogP contribution in [0.2, 0.25) is 0 Å². The average molecular weight is 1550 g/mol. The third-order valence-electron chi connectivity index (χ3n) is 22.0. The monoisotopic (exact) mass is 1550 g/mol. The number of hydrogen-bond acceptors (Lipinski definition) is 4. The lowest BCUT2D eigenvalue weighted by atomic mass is 9.99. The molecule has 552 valence electrons. The molecule has 116 heavy (non-hydrogen) atoms. The number of hydrogen-bond donors (Lipinski definition) is 1. The number of rotatable bonds is 13. The van der Waals surface area contributed by atoms with Gasteiger partial charge >= 0.3 is 0 Å². The molecule has 0 saturated heterocycles. The van der Waals surface area contributed by atoms with Crippen LogP contribution in [0.15, 0.2) is 450 Å². The van der Waals surface area contributed by atoms with E-state index in [0.29, 0.717) is 0 Å². The predicted octanol–water partition coefficient (Wildman–Crippen LogP) is 31.7. The summed E-state index contributed by atoms with van der Waals surface area (Å²) in [5, 5.41) is 13.2. The van der Waals surface area contributed by atoms with E-state index in [9.17, 15) is 0 Å². The molecule has 0 spiro atoms. The summed E-state index contributed by atoms with van der Waals surface area (Å²) in [6.45, 7) is 0. The number of benzene rings is 18. The fraction of sp³-hybridized carbons (Fsp3) is 0.00917. The van der Waals surface area contributed by atoms with Crippen molar-refractivity contribution >= 4 is 132 Å². The van der Waals surface area contributed by atoms with Gasteiger partial charge in [0.2, 0.25) is 0 Å². The van der Waals surface area contributed by atoms with Gasteiger partial charge in [0, 0.05) is 87.1 Å². The quantitative estimate of drug-likeness (QED) is 0.125. The van der Waals surface area contributed by atoms with Gasteiger partial charge in [0.15, 0.2) is 0 Å². The van der Waals surface area contributed by atoms with Crippen molar-refractivity contribution in [3.8, 4) is 78.1 Å². The van der Waals surface area contributed by atoms with Gasteiger partial charge in [-0.05, 0) is 189 Å². The van der Waals surface area contributed by atoms with Crippen LogP contribution in [0.1, 0.15) is 7.43 Å². The Bertz CT molecular complexity index is 7160. The van der Waals surface area contributed by atoms with Crippen LogP contribution in [0.5, 0.6) is 0 Å². The third kappa shape index (κ3) is 13.6. The van der Waals surface area contributed by atoms with Gasteiger partial charge in [-0.15, -0.1) is 0 Å². The molecule has 0 bridgehead atoms. The number of furan rings is 2. The standard InChI is InChI=1S/C54H36N2O.C30H21NO.C24H16BrN.CH4/c1-2-13-37(14-3-1)38-25-31-41(32-26-38)55(43-35-29-40(30-36-43)45-19-12-24-53-54(45)48-18-7-11-23-52(48)57-53)42-33-27-39(28-34-42)44-15-4-8-20-49(44)56-50-21-9-5-16-46(50)47-17-6-10-22-51(47)56;1-2-7-21(8-3-1)22-13-17-24(18-14-22)31-25-19-15-23(16-20-25)26-10-6-12-29-30(26)27-9-4-5-11-28(27)32-29;25-18-15-13-17(14-16-18)19-7-1-4-10-22(19)26-23-11-5-2-8-20(23)21-9-3-6-12-24(21)26;/h1-36H;1-20,31H;1-16H;1H4. The molecule has 0 fully saturated rings. The van der Waals surface area contributed by atoms with Crippen molar-refractivity contribution in [3.63, 3.8) is 0 Å². The van der Waals surface area contributed by atoms with Gasteiger partial charge in [-0.1, -0.05) is 327 Å². The molecule has 4 heterocycles. The van der Waals surface area contributed by atoms with Gasteiger partial charge < -0.3 is 28.2 Å². The summed E-state index contributed by atoms with van der Waals surface area (Å²) < 4.78 is 18.2. The highest BCUT2D eigenvalue weighted by Gasteiger charge is 2.21. The number of halogens is 1. The van der Waals surface area contributed by atoms with Crippen molar-refractivity contribution in [1.82, 2.24) is 9.13 Å². The zero-order valence-corrected chi connectivity index (χ0v) is 64.2. The Morgan fingerprint density at radius 1 is 0.216 bits per heavy atom. The zero-order chi connectivity index (χ0) is 76.5. The van der Waals surface area contributed by atoms with E-state index in [1.807, 2.05) is 36.4 Å². The molecule has 22 aromatic rings. The number of anilines is 5. The molecular weight excluding hydrogens is 1480 g/mol. The average Bonchev–Trinajstić information content (AvgIpc) is 1.60. The third-order valence-corrected chi connectivity index (χ3v) is 22.5. The highest BCUT2D eigenvalue weighted by atomic mass is 79.9. The Morgan fingerprint density at radius 2 is 0.483 bits per heavy atom. The smallest absolute Gasteiger partial charge is 0.136 e. The van der Waals surface area contributed by atoms with Gasteiger partial charge in [-0.25, -0.2) is 0 Å². The maximum atomic E-state index is 6.23. The van der Waals surface area contributed by atoms with Crippen LogP contribution in [0, 0.1) is 0 Å². The first-order chi connectivity index (χ1) is 57.0. The maximum Gasteiger partial charge on any atom is 0.136 e. The van der Waals surface area contributed by atoms with Crippen molar-refractivity contribution in [2.45, 2.75) is 7.43 Å². The van der Waals surface area contributed by atoms with Gasteiger partial charge in [-0.2, -0.15) is 0 Å². The lowest BCUT2D eigenvalue weighted by Gasteiger charge is -2.26. The molecule has 0 saturated carbocycles. The van der Waals surface area contributed by atoms with Crippen molar-refractivity contribution in [1.29, 1.82) is 0 Å². The lowest BCUT2D eigenvalue weighted by Crippen LogP contribution is -2.09. The minimum atomic E-state index is 0. The summed E-state index contributed by atoms with van der Waals surface area (Å²) in [6, 6.07) is 154. The van der Waals surface area contributed by atoms with E-state index in [1.165, 1.54) is 105 Å². The van der Waals surface area contributed by atoms with Crippen molar-refractivity contribution < 1.29 is 8.83 Å². The van der Waals surface area contributed by atoms with Crippen molar-refractivity contribution in [2.75, 3.05) is 10.2 Å². The van der Waals surface area contributed by atoms with E-state index < -0.39 is 0 Å². The minimum Gasteiger partial charge on any atom is -0.456 e. The largest absolute Gasteiger partial charge is 0.456 e. The molecule has 0 aliphatic carbocycles. The molecule has 0 radical (unpaired) electrons. The number of fused-ring (bicyclic) bond motifs is 12. The first-order valence-corrected chi connectivity index (χ1v) is 39.7. The zero-order valence-electron chi connectivity index (χ0n) is 62.6. The summed E-state index contributed by atoms with van der Waals surface area (Å²) in [4.78, 5) is 2.34. The highest BCUT2D eigenvalue weighted by molar-refractivity contribution is 9.10. The van der Waals surface area contributed by atoms with Crippen molar-refractivity contribution in [2.24, 2.45) is 0 Å². The van der Waals surface area contributed by atoms with Crippen LogP contribution in [0.4, 0.5) is 28.4 Å². The Labute approximate surface area is 682 Å². The molecule has 0 unspecified atom stereocenters. The molecule has 0 aliphatic rings. The molecular formula is C109H77BrN4O2. The molecule has 0 aliphatic heterocycles. The number of aromatic nitrogens is 2. The molecule has 7 heteroatoms. The van der Waals surface area contributed by atoms with E-state index in [4.69, 9.17) is 8.83 Å². The second-order valence-electron chi connectivity index (χ2n) is 28.8. The minimum absolute atomic E-state index is 0. The van der Waals surface area contributed by atoms with Crippen LogP contribution < -0.4 is 10.2 Å². The fourth-order valence-electron chi connectivity index (χ4n) is 16.6. The number of nitrogens with one attached hydrogen (secondary N) is 1. The second kappa shape index (κ2) is 31.4. The SMILES string of the molecule is Brc1ccc(-c2ccccc2-n2c3ccccc3c3ccccc32)cc1.C.c1ccc(-c2ccc(N(c3ccc(-c4ccccc4-n4c5ccccc5c5ccccc54)cc3)c3ccc(-c4cccc5oc6ccccc6c45)cc3)cc2)cc1.c1ccc(-c2ccc(Nc3ccc(-c4cccc5oc6ccccc6c45)cc3)cc2)cc1. The Balaban J connectivity index is 0.000000128. The summed E-state index contributed by atoms with van der Waals surface area (Å²) in [7, 11) is 0. The Hall–Kier alpha value is -14.8. The maximum absolute atomic E-state index is 6.23. The fourth-order valence-corrected chi connectivity index (χ4v) is 16.9. The summed E-state index contributed by atoms with van der Waals surface area (Å²) >= 11 is 3.54. The summed E-state index contributed by atoms with van der Waals surface area (Å²) in [5.74, 6) is 0. The van der Waals surface area contributed by atoms with Crippen LogP contribution in [0.25, 0.3) is 166 Å². The van der Waals surface area contributed by atoms with E-state index >= 15 is 0 Å². The summed E-state index contributed by atoms with van der Waals surface area (Å²) in [5.41, 5.74) is 30.5. The van der Waals surface area contributed by atoms with Crippen molar-refractivity contribution in [3.05, 3.63) is 441 Å². The number of para-hydroxylation sites is 8. The second-order valence-corrected chi connectivity index (χ2v) is 29.7.